The largest absolute Gasteiger partial charge is 0.0885 e. The van der Waals surface area contributed by atoms with Crippen molar-refractivity contribution < 1.29 is 0 Å². The van der Waals surface area contributed by atoms with Gasteiger partial charge in [-0.2, -0.15) is 0 Å². The molecule has 0 N–H and O–H groups in total. The van der Waals surface area contributed by atoms with Gasteiger partial charge in [0.05, 0.1) is 0 Å². The van der Waals surface area contributed by atoms with Crippen LogP contribution in [0.4, 0.5) is 0 Å². The Morgan fingerprint density at radius 2 is 1.88 bits per heavy atom. The second-order valence-electron chi connectivity index (χ2n) is 4.55. The summed E-state index contributed by atoms with van der Waals surface area (Å²) in [4.78, 5) is 0. The SMILES string of the molecule is CC/C=C\C(C)Cc1cc(C)c(C)cc1Br. The number of allylic oxidation sites excluding steroid dienone is 2. The number of hydrogen-bond acceptors (Lipinski definition) is 0. The molecule has 1 aromatic carbocycles. The number of hydrogen-bond donors (Lipinski definition) is 0. The predicted octanol–water partition coefficient (Wildman–Crippen LogP) is 5.21. The van der Waals surface area contributed by atoms with Gasteiger partial charge in [-0.05, 0) is 55.4 Å². The van der Waals surface area contributed by atoms with Crippen molar-refractivity contribution >= 4 is 15.9 Å². The van der Waals surface area contributed by atoms with Crippen LogP contribution in [-0.4, -0.2) is 0 Å². The summed E-state index contributed by atoms with van der Waals surface area (Å²) in [5.74, 6) is 0.610. The van der Waals surface area contributed by atoms with E-state index in [9.17, 15) is 0 Å². The highest BCUT2D eigenvalue weighted by Crippen LogP contribution is 2.24. The molecule has 1 aromatic rings. The monoisotopic (exact) mass is 280 g/mol. The van der Waals surface area contributed by atoms with E-state index in [1.807, 2.05) is 0 Å². The van der Waals surface area contributed by atoms with Gasteiger partial charge in [-0.15, -0.1) is 0 Å². The molecule has 0 heterocycles. The van der Waals surface area contributed by atoms with E-state index in [1.165, 1.54) is 21.2 Å². The normalized spacial score (nSPS) is 13.3. The Morgan fingerprint density at radius 1 is 1.25 bits per heavy atom. The Hall–Kier alpha value is -0.560. The summed E-state index contributed by atoms with van der Waals surface area (Å²) in [5, 5.41) is 0. The summed E-state index contributed by atoms with van der Waals surface area (Å²) < 4.78 is 1.24. The molecule has 0 radical (unpaired) electrons. The smallest absolute Gasteiger partial charge is 0.0210 e. The quantitative estimate of drug-likeness (QED) is 0.664. The van der Waals surface area contributed by atoms with Crippen LogP contribution in [0.1, 0.15) is 37.0 Å². The summed E-state index contributed by atoms with van der Waals surface area (Å²) in [6.45, 7) is 8.78. The third kappa shape index (κ3) is 3.79. The fraction of sp³-hybridized carbons (Fsp3) is 0.467. The van der Waals surface area contributed by atoms with Gasteiger partial charge in [0.1, 0.15) is 0 Å². The minimum absolute atomic E-state index is 0.610. The standard InChI is InChI=1S/C15H21Br/c1-5-6-7-11(2)8-14-9-12(3)13(4)10-15(14)16/h6-7,9-11H,5,8H2,1-4H3/b7-6-. The highest BCUT2D eigenvalue weighted by molar-refractivity contribution is 9.10. The number of rotatable bonds is 4. The van der Waals surface area contributed by atoms with Crippen molar-refractivity contribution in [3.05, 3.63) is 45.4 Å². The molecule has 1 unspecified atom stereocenters. The fourth-order valence-corrected chi connectivity index (χ4v) is 2.40. The average Bonchev–Trinajstić information content (AvgIpc) is 2.23. The molecular formula is C15H21Br. The Bertz CT molecular complexity index is 377. The number of benzene rings is 1. The zero-order valence-electron chi connectivity index (χ0n) is 10.7. The number of aryl methyl sites for hydroxylation is 2. The first-order valence-corrected chi connectivity index (χ1v) is 6.76. The van der Waals surface area contributed by atoms with Gasteiger partial charge in [0.2, 0.25) is 0 Å². The molecule has 0 saturated heterocycles. The van der Waals surface area contributed by atoms with Gasteiger partial charge in [-0.3, -0.25) is 0 Å². The molecule has 1 heteroatoms. The summed E-state index contributed by atoms with van der Waals surface area (Å²) in [6.07, 6.45) is 6.79. The van der Waals surface area contributed by atoms with E-state index in [1.54, 1.807) is 0 Å². The molecule has 16 heavy (non-hydrogen) atoms. The van der Waals surface area contributed by atoms with E-state index in [2.05, 4.69) is 67.9 Å². The highest BCUT2D eigenvalue weighted by atomic mass is 79.9. The zero-order chi connectivity index (χ0) is 12.1. The third-order valence-corrected chi connectivity index (χ3v) is 3.64. The van der Waals surface area contributed by atoms with Crippen molar-refractivity contribution in [1.29, 1.82) is 0 Å². The minimum Gasteiger partial charge on any atom is -0.0885 e. The summed E-state index contributed by atoms with van der Waals surface area (Å²) >= 11 is 3.65. The van der Waals surface area contributed by atoms with Gasteiger partial charge in [0.15, 0.2) is 0 Å². The maximum Gasteiger partial charge on any atom is 0.0210 e. The van der Waals surface area contributed by atoms with Crippen LogP contribution in [-0.2, 0) is 6.42 Å². The van der Waals surface area contributed by atoms with Crippen molar-refractivity contribution in [3.63, 3.8) is 0 Å². The Balaban J connectivity index is 2.81. The molecule has 0 amide bonds. The van der Waals surface area contributed by atoms with Crippen LogP contribution >= 0.6 is 15.9 Å². The maximum atomic E-state index is 3.65. The van der Waals surface area contributed by atoms with Crippen LogP contribution in [0, 0.1) is 19.8 Å². The van der Waals surface area contributed by atoms with Crippen molar-refractivity contribution in [2.45, 2.75) is 40.5 Å². The van der Waals surface area contributed by atoms with Crippen LogP contribution in [0.2, 0.25) is 0 Å². The van der Waals surface area contributed by atoms with Crippen LogP contribution in [0.25, 0.3) is 0 Å². The summed E-state index contributed by atoms with van der Waals surface area (Å²) in [6, 6.07) is 4.52. The van der Waals surface area contributed by atoms with Crippen molar-refractivity contribution in [2.24, 2.45) is 5.92 Å². The first kappa shape index (κ1) is 13.5. The molecular weight excluding hydrogens is 260 g/mol. The Labute approximate surface area is 108 Å². The lowest BCUT2D eigenvalue weighted by Crippen LogP contribution is -1.98. The second kappa shape index (κ2) is 6.24. The van der Waals surface area contributed by atoms with Crippen LogP contribution < -0.4 is 0 Å². The van der Waals surface area contributed by atoms with Crippen molar-refractivity contribution in [1.82, 2.24) is 0 Å². The van der Waals surface area contributed by atoms with Gasteiger partial charge < -0.3 is 0 Å². The molecule has 0 aliphatic carbocycles. The lowest BCUT2D eigenvalue weighted by molar-refractivity contribution is 0.717. The fourth-order valence-electron chi connectivity index (χ4n) is 1.78. The minimum atomic E-state index is 0.610. The maximum absolute atomic E-state index is 3.65. The van der Waals surface area contributed by atoms with E-state index in [0.717, 1.165) is 12.8 Å². The lowest BCUT2D eigenvalue weighted by Gasteiger charge is -2.11. The van der Waals surface area contributed by atoms with Crippen LogP contribution in [0.5, 0.6) is 0 Å². The van der Waals surface area contributed by atoms with E-state index in [4.69, 9.17) is 0 Å². The molecule has 88 valence electrons. The van der Waals surface area contributed by atoms with E-state index < -0.39 is 0 Å². The van der Waals surface area contributed by atoms with Gasteiger partial charge >= 0.3 is 0 Å². The van der Waals surface area contributed by atoms with Gasteiger partial charge in [-0.1, -0.05) is 48.0 Å². The third-order valence-electron chi connectivity index (χ3n) is 2.90. The molecule has 0 fully saturated rings. The molecule has 0 saturated carbocycles. The molecule has 0 aliphatic rings. The van der Waals surface area contributed by atoms with Crippen molar-refractivity contribution in [3.8, 4) is 0 Å². The lowest BCUT2D eigenvalue weighted by atomic mass is 9.97. The van der Waals surface area contributed by atoms with E-state index in [-0.39, 0.29) is 0 Å². The first-order chi connectivity index (χ1) is 7.54. The van der Waals surface area contributed by atoms with Crippen molar-refractivity contribution in [2.75, 3.05) is 0 Å². The van der Waals surface area contributed by atoms with E-state index >= 15 is 0 Å². The molecule has 0 bridgehead atoms. The molecule has 1 rings (SSSR count). The number of halogens is 1. The zero-order valence-corrected chi connectivity index (χ0v) is 12.3. The Morgan fingerprint density at radius 3 is 2.50 bits per heavy atom. The predicted molar refractivity (Wildman–Crippen MR) is 75.9 cm³/mol. The average molecular weight is 281 g/mol. The van der Waals surface area contributed by atoms with Gasteiger partial charge in [0.25, 0.3) is 0 Å². The van der Waals surface area contributed by atoms with E-state index in [0.29, 0.717) is 5.92 Å². The summed E-state index contributed by atoms with van der Waals surface area (Å²) in [5.41, 5.74) is 4.15. The molecule has 0 aromatic heterocycles. The molecule has 0 nitrogen and oxygen atoms in total. The first-order valence-electron chi connectivity index (χ1n) is 5.96. The molecule has 0 aliphatic heterocycles. The second-order valence-corrected chi connectivity index (χ2v) is 5.40. The van der Waals surface area contributed by atoms with Crippen LogP contribution in [0.15, 0.2) is 28.8 Å². The molecule has 1 atom stereocenters. The van der Waals surface area contributed by atoms with Gasteiger partial charge in [0, 0.05) is 4.47 Å². The van der Waals surface area contributed by atoms with Crippen LogP contribution in [0.3, 0.4) is 0 Å². The highest BCUT2D eigenvalue weighted by Gasteiger charge is 2.06. The Kier molecular flexibility index (Phi) is 5.27. The topological polar surface area (TPSA) is 0 Å². The summed E-state index contributed by atoms with van der Waals surface area (Å²) in [7, 11) is 0. The molecule has 0 spiro atoms. The van der Waals surface area contributed by atoms with Gasteiger partial charge in [-0.25, -0.2) is 0 Å².